The molecule has 0 radical (unpaired) electrons. The molecule has 1 fully saturated rings. The molecule has 0 aromatic heterocycles. The number of hydrogen-bond donors (Lipinski definition) is 0. The van der Waals surface area contributed by atoms with Crippen molar-refractivity contribution >= 4 is 5.91 Å². The Bertz CT molecular complexity index is 524. The number of rotatable bonds is 3. The maximum absolute atomic E-state index is 12.5. The van der Waals surface area contributed by atoms with E-state index in [9.17, 15) is 4.79 Å². The van der Waals surface area contributed by atoms with Gasteiger partial charge in [-0.2, -0.15) is 0 Å². The third-order valence-corrected chi connectivity index (χ3v) is 4.38. The Balaban J connectivity index is 2.07. The lowest BCUT2D eigenvalue weighted by Gasteiger charge is -2.33. The van der Waals surface area contributed by atoms with Crippen molar-refractivity contribution in [3.8, 4) is 5.75 Å². The number of likely N-dealkylation sites (tertiary alicyclic amines) is 1. The lowest BCUT2D eigenvalue weighted by Crippen LogP contribution is -2.45. The summed E-state index contributed by atoms with van der Waals surface area (Å²) in [6.07, 6.45) is 1.90. The molecule has 0 spiro atoms. The second kappa shape index (κ2) is 6.50. The Morgan fingerprint density at radius 3 is 2.71 bits per heavy atom. The van der Waals surface area contributed by atoms with Crippen LogP contribution in [-0.2, 0) is 4.79 Å². The first-order chi connectivity index (χ1) is 9.88. The van der Waals surface area contributed by atoms with Crippen LogP contribution in [0.2, 0.25) is 0 Å². The van der Waals surface area contributed by atoms with Gasteiger partial charge in [-0.25, -0.2) is 0 Å². The van der Waals surface area contributed by atoms with Crippen LogP contribution in [0.25, 0.3) is 0 Å². The summed E-state index contributed by atoms with van der Waals surface area (Å²) >= 11 is 0. The van der Waals surface area contributed by atoms with Gasteiger partial charge in [0.2, 0.25) is 0 Å². The number of piperidine rings is 1. The number of benzene rings is 1. The van der Waals surface area contributed by atoms with E-state index in [1.807, 2.05) is 24.8 Å². The fourth-order valence-corrected chi connectivity index (χ4v) is 3.01. The van der Waals surface area contributed by atoms with Crippen molar-refractivity contribution in [1.82, 2.24) is 4.90 Å². The van der Waals surface area contributed by atoms with E-state index in [4.69, 9.17) is 4.74 Å². The highest BCUT2D eigenvalue weighted by atomic mass is 16.5. The van der Waals surface area contributed by atoms with Crippen LogP contribution in [0.3, 0.4) is 0 Å². The van der Waals surface area contributed by atoms with Crippen LogP contribution >= 0.6 is 0 Å². The van der Waals surface area contributed by atoms with Gasteiger partial charge in [-0.3, -0.25) is 4.79 Å². The molecule has 0 aliphatic carbocycles. The Morgan fingerprint density at radius 1 is 1.33 bits per heavy atom. The van der Waals surface area contributed by atoms with Crippen molar-refractivity contribution in [2.75, 3.05) is 13.1 Å². The quantitative estimate of drug-likeness (QED) is 0.850. The van der Waals surface area contributed by atoms with Gasteiger partial charge in [0.1, 0.15) is 5.75 Å². The highest BCUT2D eigenvalue weighted by molar-refractivity contribution is 5.81. The zero-order valence-corrected chi connectivity index (χ0v) is 13.9. The summed E-state index contributed by atoms with van der Waals surface area (Å²) in [5.41, 5.74) is 3.49. The lowest BCUT2D eigenvalue weighted by atomic mass is 10.00. The molecule has 1 amide bonds. The van der Waals surface area contributed by atoms with E-state index in [-0.39, 0.29) is 5.91 Å². The van der Waals surface area contributed by atoms with Gasteiger partial charge in [0.25, 0.3) is 5.91 Å². The zero-order valence-electron chi connectivity index (χ0n) is 13.9. The Morgan fingerprint density at radius 2 is 2.05 bits per heavy atom. The second-order valence-electron chi connectivity index (χ2n) is 6.50. The van der Waals surface area contributed by atoms with E-state index in [1.54, 1.807) is 0 Å². The van der Waals surface area contributed by atoms with Crippen molar-refractivity contribution in [3.05, 3.63) is 28.8 Å². The molecular formula is C18H27NO2. The molecule has 0 unspecified atom stereocenters. The van der Waals surface area contributed by atoms with Crippen LogP contribution in [0, 0.1) is 26.7 Å². The maximum atomic E-state index is 12.5. The van der Waals surface area contributed by atoms with Crippen LogP contribution < -0.4 is 4.74 Å². The topological polar surface area (TPSA) is 29.5 Å². The third-order valence-electron chi connectivity index (χ3n) is 4.38. The molecule has 1 aliphatic rings. The molecule has 0 bridgehead atoms. The van der Waals surface area contributed by atoms with Gasteiger partial charge in [-0.1, -0.05) is 13.0 Å². The zero-order chi connectivity index (χ0) is 15.6. The average molecular weight is 289 g/mol. The summed E-state index contributed by atoms with van der Waals surface area (Å²) in [7, 11) is 0. The molecule has 0 N–H and O–H groups in total. The van der Waals surface area contributed by atoms with Crippen molar-refractivity contribution in [1.29, 1.82) is 0 Å². The number of aryl methyl sites for hydroxylation is 2. The predicted octanol–water partition coefficient (Wildman–Crippen LogP) is 3.64. The van der Waals surface area contributed by atoms with Gasteiger partial charge in [-0.15, -0.1) is 0 Å². The molecule has 2 atom stereocenters. The molecule has 1 aliphatic heterocycles. The predicted molar refractivity (Wildman–Crippen MR) is 85.7 cm³/mol. The molecular weight excluding hydrogens is 262 g/mol. The molecule has 116 valence electrons. The van der Waals surface area contributed by atoms with Crippen molar-refractivity contribution in [3.63, 3.8) is 0 Å². The summed E-state index contributed by atoms with van der Waals surface area (Å²) < 4.78 is 5.97. The summed E-state index contributed by atoms with van der Waals surface area (Å²) in [4.78, 5) is 14.5. The standard InChI is InChI=1S/C18H27NO2/c1-12-7-6-8-19(11-12)18(20)16(5)21-17-10-13(2)9-14(3)15(17)4/h9-10,12,16H,6-8,11H2,1-5H3/t12-,16+/m0/s1. The monoisotopic (exact) mass is 289 g/mol. The van der Waals surface area contributed by atoms with Crippen LogP contribution in [0.5, 0.6) is 5.75 Å². The van der Waals surface area contributed by atoms with Crippen LogP contribution in [0.1, 0.15) is 43.4 Å². The number of carbonyl (C=O) groups is 1. The smallest absolute Gasteiger partial charge is 0.263 e. The van der Waals surface area contributed by atoms with E-state index in [1.165, 1.54) is 17.5 Å². The summed E-state index contributed by atoms with van der Waals surface area (Å²) in [5, 5.41) is 0. The second-order valence-corrected chi connectivity index (χ2v) is 6.50. The number of amides is 1. The number of hydrogen-bond acceptors (Lipinski definition) is 2. The average Bonchev–Trinajstić information content (AvgIpc) is 2.43. The van der Waals surface area contributed by atoms with E-state index >= 15 is 0 Å². The van der Waals surface area contributed by atoms with Gasteiger partial charge in [0.15, 0.2) is 6.10 Å². The number of carbonyl (C=O) groups excluding carboxylic acids is 1. The molecule has 21 heavy (non-hydrogen) atoms. The van der Waals surface area contributed by atoms with Crippen molar-refractivity contribution in [2.45, 2.75) is 53.6 Å². The minimum atomic E-state index is -0.421. The normalized spacial score (nSPS) is 20.2. The van der Waals surface area contributed by atoms with Crippen LogP contribution in [-0.4, -0.2) is 30.0 Å². The summed E-state index contributed by atoms with van der Waals surface area (Å²) in [5.74, 6) is 1.54. The third kappa shape index (κ3) is 3.78. The minimum absolute atomic E-state index is 0.111. The van der Waals surface area contributed by atoms with E-state index in [0.717, 1.165) is 30.8 Å². The largest absolute Gasteiger partial charge is 0.481 e. The van der Waals surface area contributed by atoms with E-state index in [2.05, 4.69) is 26.8 Å². The fraction of sp³-hybridized carbons (Fsp3) is 0.611. The first-order valence-corrected chi connectivity index (χ1v) is 7.91. The molecule has 1 heterocycles. The first-order valence-electron chi connectivity index (χ1n) is 7.91. The molecule has 1 aromatic carbocycles. The molecule has 3 heteroatoms. The van der Waals surface area contributed by atoms with Gasteiger partial charge in [0.05, 0.1) is 0 Å². The fourth-order valence-electron chi connectivity index (χ4n) is 3.01. The Kier molecular flexibility index (Phi) is 4.92. The minimum Gasteiger partial charge on any atom is -0.481 e. The first kappa shape index (κ1) is 15.9. The van der Waals surface area contributed by atoms with Gasteiger partial charge < -0.3 is 9.64 Å². The number of nitrogens with zero attached hydrogens (tertiary/aromatic N) is 1. The highest BCUT2D eigenvalue weighted by Crippen LogP contribution is 2.25. The SMILES string of the molecule is Cc1cc(C)c(C)c(O[C@H](C)C(=O)N2CCC[C@H](C)C2)c1. The summed E-state index contributed by atoms with van der Waals surface area (Å²) in [6, 6.07) is 4.16. The maximum Gasteiger partial charge on any atom is 0.263 e. The Labute approximate surface area is 128 Å². The summed E-state index contributed by atoms with van der Waals surface area (Å²) in [6.45, 7) is 12.0. The Hall–Kier alpha value is -1.51. The van der Waals surface area contributed by atoms with E-state index in [0.29, 0.717) is 5.92 Å². The van der Waals surface area contributed by atoms with E-state index < -0.39 is 6.10 Å². The number of ether oxygens (including phenoxy) is 1. The van der Waals surface area contributed by atoms with Crippen LogP contribution in [0.4, 0.5) is 0 Å². The molecule has 2 rings (SSSR count). The van der Waals surface area contributed by atoms with Gasteiger partial charge in [0, 0.05) is 13.1 Å². The van der Waals surface area contributed by atoms with Crippen molar-refractivity contribution in [2.24, 2.45) is 5.92 Å². The molecule has 1 saturated heterocycles. The lowest BCUT2D eigenvalue weighted by molar-refractivity contribution is -0.139. The van der Waals surface area contributed by atoms with Crippen LogP contribution in [0.15, 0.2) is 12.1 Å². The highest BCUT2D eigenvalue weighted by Gasteiger charge is 2.26. The molecule has 1 aromatic rings. The van der Waals surface area contributed by atoms with Gasteiger partial charge >= 0.3 is 0 Å². The van der Waals surface area contributed by atoms with Crippen molar-refractivity contribution < 1.29 is 9.53 Å². The van der Waals surface area contributed by atoms with Gasteiger partial charge in [-0.05, 0) is 69.2 Å². The molecule has 0 saturated carbocycles. The molecule has 3 nitrogen and oxygen atoms in total.